The summed E-state index contributed by atoms with van der Waals surface area (Å²) < 4.78 is 11.8. The molecular weight excluding hydrogens is 298 g/mol. The van der Waals surface area contributed by atoms with Crippen LogP contribution in [0.15, 0.2) is 78.9 Å². The monoisotopic (exact) mass is 319 g/mol. The zero-order chi connectivity index (χ0) is 16.6. The number of hydrogen-bond acceptors (Lipinski definition) is 3. The molecule has 24 heavy (non-hydrogen) atoms. The van der Waals surface area contributed by atoms with Crippen LogP contribution in [-0.4, -0.2) is 0 Å². The van der Waals surface area contributed by atoms with Gasteiger partial charge in [-0.15, -0.1) is 0 Å². The van der Waals surface area contributed by atoms with Gasteiger partial charge in [0.15, 0.2) is 0 Å². The van der Waals surface area contributed by atoms with Crippen LogP contribution < -0.4 is 15.2 Å². The molecule has 0 fully saturated rings. The lowest BCUT2D eigenvalue weighted by atomic mass is 10.2. The summed E-state index contributed by atoms with van der Waals surface area (Å²) in [7, 11) is 0. The van der Waals surface area contributed by atoms with Crippen LogP contribution in [0.5, 0.6) is 11.5 Å². The van der Waals surface area contributed by atoms with Gasteiger partial charge < -0.3 is 15.2 Å². The first-order valence-electron chi connectivity index (χ1n) is 8.01. The van der Waals surface area contributed by atoms with Gasteiger partial charge in [-0.1, -0.05) is 66.7 Å². The van der Waals surface area contributed by atoms with Crippen molar-refractivity contribution in [1.29, 1.82) is 0 Å². The second-order valence-electron chi connectivity index (χ2n) is 5.52. The summed E-state index contributed by atoms with van der Waals surface area (Å²) in [5.74, 6) is 1.55. The van der Waals surface area contributed by atoms with E-state index in [1.165, 1.54) is 0 Å². The van der Waals surface area contributed by atoms with Crippen LogP contribution in [0.3, 0.4) is 0 Å². The normalized spacial score (nSPS) is 10.4. The largest absolute Gasteiger partial charge is 0.489 e. The van der Waals surface area contributed by atoms with Crippen LogP contribution >= 0.6 is 0 Å². The first-order chi connectivity index (χ1) is 11.8. The molecule has 122 valence electrons. The van der Waals surface area contributed by atoms with Gasteiger partial charge in [0, 0.05) is 18.2 Å². The van der Waals surface area contributed by atoms with E-state index in [2.05, 4.69) is 0 Å². The third kappa shape index (κ3) is 4.37. The Balaban J connectivity index is 1.68. The van der Waals surface area contributed by atoms with Crippen molar-refractivity contribution in [2.24, 2.45) is 5.73 Å². The minimum absolute atomic E-state index is 0.434. The van der Waals surface area contributed by atoms with E-state index in [0.29, 0.717) is 19.8 Å². The summed E-state index contributed by atoms with van der Waals surface area (Å²) in [6.45, 7) is 1.47. The van der Waals surface area contributed by atoms with Crippen molar-refractivity contribution in [2.45, 2.75) is 19.8 Å². The molecule has 3 nitrogen and oxygen atoms in total. The summed E-state index contributed by atoms with van der Waals surface area (Å²) in [5.41, 5.74) is 9.04. The van der Waals surface area contributed by atoms with E-state index in [0.717, 1.165) is 28.2 Å². The second-order valence-corrected chi connectivity index (χ2v) is 5.52. The van der Waals surface area contributed by atoms with Crippen LogP contribution in [0.1, 0.15) is 16.7 Å². The third-order valence-electron chi connectivity index (χ3n) is 3.74. The van der Waals surface area contributed by atoms with E-state index in [-0.39, 0.29) is 0 Å². The fraction of sp³-hybridized carbons (Fsp3) is 0.143. The Morgan fingerprint density at radius 1 is 0.667 bits per heavy atom. The van der Waals surface area contributed by atoms with E-state index < -0.39 is 0 Å². The van der Waals surface area contributed by atoms with Gasteiger partial charge in [0.05, 0.1) is 0 Å². The Kier molecular flexibility index (Phi) is 5.48. The van der Waals surface area contributed by atoms with Gasteiger partial charge >= 0.3 is 0 Å². The average Bonchev–Trinajstić information content (AvgIpc) is 2.66. The van der Waals surface area contributed by atoms with Gasteiger partial charge in [0.1, 0.15) is 24.7 Å². The predicted molar refractivity (Wildman–Crippen MR) is 95.9 cm³/mol. The third-order valence-corrected chi connectivity index (χ3v) is 3.74. The van der Waals surface area contributed by atoms with E-state index >= 15 is 0 Å². The molecule has 3 rings (SSSR count). The molecule has 0 bridgehead atoms. The molecule has 0 aliphatic carbocycles. The number of benzene rings is 3. The Morgan fingerprint density at radius 3 is 1.83 bits per heavy atom. The molecule has 0 aliphatic heterocycles. The summed E-state index contributed by atoms with van der Waals surface area (Å²) in [4.78, 5) is 0. The molecule has 0 saturated heterocycles. The predicted octanol–water partition coefficient (Wildman–Crippen LogP) is 4.30. The number of hydrogen-bond donors (Lipinski definition) is 1. The summed E-state index contributed by atoms with van der Waals surface area (Å²) in [6, 6.07) is 26.0. The summed E-state index contributed by atoms with van der Waals surface area (Å²) in [5, 5.41) is 0. The van der Waals surface area contributed by atoms with Gasteiger partial charge in [0.2, 0.25) is 0 Å². The lowest BCUT2D eigenvalue weighted by Crippen LogP contribution is -2.03. The molecule has 0 aliphatic rings. The second kappa shape index (κ2) is 8.18. The van der Waals surface area contributed by atoms with Crippen molar-refractivity contribution in [3.05, 3.63) is 95.6 Å². The lowest BCUT2D eigenvalue weighted by molar-refractivity contribution is 0.288. The van der Waals surface area contributed by atoms with Crippen molar-refractivity contribution >= 4 is 0 Å². The summed E-state index contributed by atoms with van der Waals surface area (Å²) in [6.07, 6.45) is 0. The molecule has 0 amide bonds. The van der Waals surface area contributed by atoms with E-state index in [1.54, 1.807) is 0 Å². The molecule has 3 aromatic carbocycles. The maximum absolute atomic E-state index is 5.95. The van der Waals surface area contributed by atoms with Crippen molar-refractivity contribution < 1.29 is 9.47 Å². The van der Waals surface area contributed by atoms with Crippen LogP contribution in [0.2, 0.25) is 0 Å². The lowest BCUT2D eigenvalue weighted by Gasteiger charge is -2.13. The van der Waals surface area contributed by atoms with Crippen molar-refractivity contribution in [1.82, 2.24) is 0 Å². The first-order valence-corrected chi connectivity index (χ1v) is 8.01. The van der Waals surface area contributed by atoms with E-state index in [4.69, 9.17) is 15.2 Å². The van der Waals surface area contributed by atoms with E-state index in [9.17, 15) is 0 Å². The molecule has 3 heteroatoms. The first kappa shape index (κ1) is 16.1. The number of rotatable bonds is 7. The highest BCUT2D eigenvalue weighted by Crippen LogP contribution is 2.26. The zero-order valence-corrected chi connectivity index (χ0v) is 13.5. The van der Waals surface area contributed by atoms with E-state index in [1.807, 2.05) is 78.9 Å². The minimum Gasteiger partial charge on any atom is -0.489 e. The molecule has 2 N–H and O–H groups in total. The minimum atomic E-state index is 0.434. The molecule has 0 atom stereocenters. The molecule has 0 heterocycles. The Labute approximate surface area is 142 Å². The van der Waals surface area contributed by atoms with Gasteiger partial charge in [-0.05, 0) is 17.2 Å². The average molecular weight is 319 g/mol. The SMILES string of the molecule is NCc1ccc(OCc2ccccc2)cc1OCc1ccccc1. The number of ether oxygens (including phenoxy) is 2. The van der Waals surface area contributed by atoms with Gasteiger partial charge in [-0.2, -0.15) is 0 Å². The van der Waals surface area contributed by atoms with Crippen LogP contribution in [-0.2, 0) is 19.8 Å². The Hall–Kier alpha value is -2.78. The van der Waals surface area contributed by atoms with Crippen molar-refractivity contribution in [3.63, 3.8) is 0 Å². The van der Waals surface area contributed by atoms with Crippen LogP contribution in [0, 0.1) is 0 Å². The zero-order valence-electron chi connectivity index (χ0n) is 13.5. The molecule has 0 saturated carbocycles. The topological polar surface area (TPSA) is 44.5 Å². The highest BCUT2D eigenvalue weighted by molar-refractivity contribution is 5.41. The molecule has 0 aromatic heterocycles. The molecule has 0 spiro atoms. The van der Waals surface area contributed by atoms with Crippen molar-refractivity contribution in [2.75, 3.05) is 0 Å². The Morgan fingerprint density at radius 2 is 1.25 bits per heavy atom. The van der Waals surface area contributed by atoms with Crippen LogP contribution in [0.25, 0.3) is 0 Å². The van der Waals surface area contributed by atoms with Gasteiger partial charge in [-0.25, -0.2) is 0 Å². The quantitative estimate of drug-likeness (QED) is 0.706. The molecule has 3 aromatic rings. The fourth-order valence-electron chi connectivity index (χ4n) is 2.40. The van der Waals surface area contributed by atoms with Crippen LogP contribution in [0.4, 0.5) is 0 Å². The van der Waals surface area contributed by atoms with Crippen molar-refractivity contribution in [3.8, 4) is 11.5 Å². The van der Waals surface area contributed by atoms with Gasteiger partial charge in [-0.3, -0.25) is 0 Å². The standard InChI is InChI=1S/C21H21NO2/c22-14-19-11-12-20(23-15-17-7-3-1-4-8-17)13-21(19)24-16-18-9-5-2-6-10-18/h1-13H,14-16,22H2. The highest BCUT2D eigenvalue weighted by atomic mass is 16.5. The maximum atomic E-state index is 5.95. The maximum Gasteiger partial charge on any atom is 0.127 e. The summed E-state index contributed by atoms with van der Waals surface area (Å²) >= 11 is 0. The number of nitrogens with two attached hydrogens (primary N) is 1. The Bertz CT molecular complexity index is 757. The smallest absolute Gasteiger partial charge is 0.127 e. The molecule has 0 unspecified atom stereocenters. The fourth-order valence-corrected chi connectivity index (χ4v) is 2.40. The molecule has 0 radical (unpaired) electrons. The highest BCUT2D eigenvalue weighted by Gasteiger charge is 2.06. The molecular formula is C21H21NO2. The van der Waals surface area contributed by atoms with Gasteiger partial charge in [0.25, 0.3) is 0 Å².